The number of nitrogens with two attached hydrogens (primary N) is 1. The number of carbonyl (C=O) groups is 1. The largest absolute Gasteiger partial charge is 0.369 e. The van der Waals surface area contributed by atoms with Gasteiger partial charge in [-0.3, -0.25) is 4.79 Å². The van der Waals surface area contributed by atoms with E-state index in [-0.39, 0.29) is 11.8 Å². The fourth-order valence-corrected chi connectivity index (χ4v) is 5.56. The minimum atomic E-state index is -0.774. The van der Waals surface area contributed by atoms with E-state index in [0.29, 0.717) is 0 Å². The average molecular weight is 450 g/mol. The quantitative estimate of drug-likeness (QED) is 0.410. The summed E-state index contributed by atoms with van der Waals surface area (Å²) in [4.78, 5) is 18.0. The van der Waals surface area contributed by atoms with Crippen LogP contribution in [0.3, 0.4) is 0 Å². The molecule has 1 atom stereocenters. The number of nitrogens with zero attached hydrogens (tertiary/aromatic N) is 2. The van der Waals surface area contributed by atoms with Crippen molar-refractivity contribution in [1.29, 1.82) is 0 Å². The smallest absolute Gasteiger partial charge is 0.232 e. The molecule has 2 aromatic rings. The third-order valence-electron chi connectivity index (χ3n) is 7.31. The Morgan fingerprint density at radius 2 is 1.39 bits per heavy atom. The zero-order valence-electron chi connectivity index (χ0n) is 20.7. The van der Waals surface area contributed by atoms with Crippen molar-refractivity contribution in [2.45, 2.75) is 56.8 Å². The molecule has 1 fully saturated rings. The first kappa shape index (κ1) is 25.5. The Morgan fingerprint density at radius 1 is 0.879 bits per heavy atom. The van der Waals surface area contributed by atoms with Gasteiger partial charge in [0.1, 0.15) is 5.41 Å². The second-order valence-electron chi connectivity index (χ2n) is 9.97. The van der Waals surface area contributed by atoms with Crippen LogP contribution in [0.25, 0.3) is 0 Å². The van der Waals surface area contributed by atoms with Gasteiger partial charge in [-0.25, -0.2) is 0 Å². The normalized spacial score (nSPS) is 17.0. The summed E-state index contributed by atoms with van der Waals surface area (Å²) in [6, 6.07) is 20.3. The molecule has 1 aliphatic heterocycles. The maximum atomic E-state index is 13.2. The van der Waals surface area contributed by atoms with Crippen LogP contribution < -0.4 is 5.73 Å². The number of carbonyl (C=O) groups excluding carboxylic acids is 1. The highest BCUT2D eigenvalue weighted by atomic mass is 16.1. The predicted octanol–water partition coefficient (Wildman–Crippen LogP) is 5.07. The van der Waals surface area contributed by atoms with Crippen molar-refractivity contribution in [3.63, 3.8) is 0 Å². The highest BCUT2D eigenvalue weighted by molar-refractivity contribution is 5.91. The molecule has 1 aliphatic rings. The molecular weight excluding hydrogens is 406 g/mol. The highest BCUT2D eigenvalue weighted by Crippen LogP contribution is 2.43. The Balaban J connectivity index is 1.55. The van der Waals surface area contributed by atoms with Crippen molar-refractivity contribution in [1.82, 2.24) is 9.80 Å². The van der Waals surface area contributed by atoms with E-state index in [1.54, 1.807) is 0 Å². The van der Waals surface area contributed by atoms with Crippen LogP contribution in [0, 0.1) is 5.92 Å². The topological polar surface area (TPSA) is 49.6 Å². The molecule has 4 nitrogen and oxygen atoms in total. The minimum absolute atomic E-state index is 0.191. The van der Waals surface area contributed by atoms with Crippen molar-refractivity contribution in [3.05, 3.63) is 71.8 Å². The zero-order valence-corrected chi connectivity index (χ0v) is 20.7. The first-order valence-electron chi connectivity index (χ1n) is 12.8. The van der Waals surface area contributed by atoms with Crippen LogP contribution in [0.5, 0.6) is 0 Å². The fourth-order valence-electron chi connectivity index (χ4n) is 5.56. The number of likely N-dealkylation sites (tertiary alicyclic amines) is 1. The van der Waals surface area contributed by atoms with Gasteiger partial charge >= 0.3 is 0 Å². The van der Waals surface area contributed by atoms with Gasteiger partial charge < -0.3 is 15.5 Å². The van der Waals surface area contributed by atoms with Gasteiger partial charge in [0.05, 0.1) is 0 Å². The van der Waals surface area contributed by atoms with Gasteiger partial charge in [0.15, 0.2) is 0 Å². The standard InChI is InChI=1S/C29H43N3O/c1-31(2)21-14-6-4-3-5-7-15-22-32-23-20-27(24-32)29(28(30)33,25-16-10-8-11-17-25)26-18-12-9-13-19-26/h8-13,16-19,27H,3-7,14-15,20-24H2,1-2H3,(H2,30,33). The molecule has 0 aliphatic carbocycles. The lowest BCUT2D eigenvalue weighted by molar-refractivity contribution is -0.123. The van der Waals surface area contributed by atoms with Crippen LogP contribution in [0.2, 0.25) is 0 Å². The molecule has 1 amide bonds. The molecule has 4 heteroatoms. The summed E-state index contributed by atoms with van der Waals surface area (Å²) >= 11 is 0. The Kier molecular flexibility index (Phi) is 9.95. The summed E-state index contributed by atoms with van der Waals surface area (Å²) in [5.74, 6) is -0.0440. The second kappa shape index (κ2) is 12.9. The fraction of sp³-hybridized carbons (Fsp3) is 0.552. The molecular formula is C29H43N3O. The number of rotatable bonds is 14. The number of hydrogen-bond donors (Lipinski definition) is 1. The van der Waals surface area contributed by atoms with E-state index >= 15 is 0 Å². The summed E-state index contributed by atoms with van der Waals surface area (Å²) < 4.78 is 0. The highest BCUT2D eigenvalue weighted by Gasteiger charge is 2.49. The molecule has 3 rings (SSSR count). The van der Waals surface area contributed by atoms with Gasteiger partial charge in [-0.05, 0) is 70.0 Å². The maximum Gasteiger partial charge on any atom is 0.232 e. The van der Waals surface area contributed by atoms with Gasteiger partial charge in [-0.1, -0.05) is 92.8 Å². The molecule has 1 unspecified atom stereocenters. The Hall–Kier alpha value is -2.17. The maximum absolute atomic E-state index is 13.2. The Morgan fingerprint density at radius 3 is 1.91 bits per heavy atom. The summed E-state index contributed by atoms with van der Waals surface area (Å²) in [6.45, 7) is 4.30. The van der Waals surface area contributed by atoms with E-state index in [2.05, 4.69) is 48.2 Å². The second-order valence-corrected chi connectivity index (χ2v) is 9.97. The van der Waals surface area contributed by atoms with E-state index < -0.39 is 5.41 Å². The molecule has 1 heterocycles. The summed E-state index contributed by atoms with van der Waals surface area (Å²) in [5.41, 5.74) is 7.47. The van der Waals surface area contributed by atoms with E-state index in [1.807, 2.05) is 36.4 Å². The van der Waals surface area contributed by atoms with Crippen LogP contribution in [0.1, 0.15) is 62.5 Å². The van der Waals surface area contributed by atoms with Gasteiger partial charge in [0.25, 0.3) is 0 Å². The van der Waals surface area contributed by atoms with Crippen LogP contribution in [-0.2, 0) is 10.2 Å². The molecule has 33 heavy (non-hydrogen) atoms. The SMILES string of the molecule is CN(C)CCCCCCCCCN1CCC(C(C(N)=O)(c2ccccc2)c2ccccc2)C1. The number of primary amides is 1. The van der Waals surface area contributed by atoms with Crippen LogP contribution in [-0.4, -0.2) is 56.0 Å². The molecule has 0 saturated carbocycles. The molecule has 0 radical (unpaired) electrons. The van der Waals surface area contributed by atoms with Gasteiger partial charge in [-0.2, -0.15) is 0 Å². The van der Waals surface area contributed by atoms with Crippen LogP contribution in [0.15, 0.2) is 60.7 Å². The Labute approximate surface area is 201 Å². The first-order chi connectivity index (χ1) is 16.0. The number of amides is 1. The van der Waals surface area contributed by atoms with Crippen LogP contribution >= 0.6 is 0 Å². The number of unbranched alkanes of at least 4 members (excludes halogenated alkanes) is 6. The molecule has 180 valence electrons. The van der Waals surface area contributed by atoms with Crippen molar-refractivity contribution in [2.24, 2.45) is 11.7 Å². The summed E-state index contributed by atoms with van der Waals surface area (Å²) in [7, 11) is 4.30. The molecule has 0 aromatic heterocycles. The molecule has 0 bridgehead atoms. The lowest BCUT2D eigenvalue weighted by atomic mass is 9.64. The van der Waals surface area contributed by atoms with E-state index in [9.17, 15) is 4.79 Å². The third-order valence-corrected chi connectivity index (χ3v) is 7.31. The average Bonchev–Trinajstić information content (AvgIpc) is 3.28. The lowest BCUT2D eigenvalue weighted by Crippen LogP contribution is -2.49. The number of hydrogen-bond acceptors (Lipinski definition) is 3. The van der Waals surface area contributed by atoms with Crippen molar-refractivity contribution < 1.29 is 4.79 Å². The third kappa shape index (κ3) is 6.68. The van der Waals surface area contributed by atoms with E-state index in [4.69, 9.17) is 5.73 Å². The molecule has 0 spiro atoms. The molecule has 1 saturated heterocycles. The van der Waals surface area contributed by atoms with Gasteiger partial charge in [0.2, 0.25) is 5.91 Å². The van der Waals surface area contributed by atoms with E-state index in [0.717, 1.165) is 37.2 Å². The summed E-state index contributed by atoms with van der Waals surface area (Å²) in [6.07, 6.45) is 10.2. The summed E-state index contributed by atoms with van der Waals surface area (Å²) in [5, 5.41) is 0. The Bertz CT molecular complexity index is 782. The zero-order chi connectivity index (χ0) is 23.5. The van der Waals surface area contributed by atoms with Gasteiger partial charge in [0, 0.05) is 6.54 Å². The molecule has 2 aromatic carbocycles. The minimum Gasteiger partial charge on any atom is -0.369 e. The first-order valence-corrected chi connectivity index (χ1v) is 12.8. The van der Waals surface area contributed by atoms with E-state index in [1.165, 1.54) is 51.5 Å². The number of benzene rings is 2. The van der Waals surface area contributed by atoms with Crippen molar-refractivity contribution in [3.8, 4) is 0 Å². The van der Waals surface area contributed by atoms with Crippen LogP contribution in [0.4, 0.5) is 0 Å². The predicted molar refractivity (Wildman–Crippen MR) is 138 cm³/mol. The van der Waals surface area contributed by atoms with Gasteiger partial charge in [-0.15, -0.1) is 0 Å². The van der Waals surface area contributed by atoms with Crippen molar-refractivity contribution >= 4 is 5.91 Å². The monoisotopic (exact) mass is 449 g/mol. The lowest BCUT2D eigenvalue weighted by Gasteiger charge is -2.37. The van der Waals surface area contributed by atoms with Crippen molar-refractivity contribution in [2.75, 3.05) is 40.3 Å². The molecule has 2 N–H and O–H groups in total.